The standard InChI is InChI=1S/C14H19N3O3/c1-4-14(2,3)8-15-11-7-10-9(6-13(18)16-10)5-12(11)17(19)20/h5,7,15H,4,6,8H2,1-3H3,(H,16,18). The number of hydrogen-bond acceptors (Lipinski definition) is 4. The number of nitro benzene ring substituents is 1. The van der Waals surface area contributed by atoms with Gasteiger partial charge in [0, 0.05) is 18.3 Å². The summed E-state index contributed by atoms with van der Waals surface area (Å²) >= 11 is 0. The van der Waals surface area contributed by atoms with Gasteiger partial charge in [-0.1, -0.05) is 20.8 Å². The molecule has 0 fully saturated rings. The van der Waals surface area contributed by atoms with Crippen LogP contribution in [-0.2, 0) is 11.2 Å². The summed E-state index contributed by atoms with van der Waals surface area (Å²) < 4.78 is 0. The maximum Gasteiger partial charge on any atom is 0.292 e. The summed E-state index contributed by atoms with van der Waals surface area (Å²) in [6.07, 6.45) is 1.17. The summed E-state index contributed by atoms with van der Waals surface area (Å²) in [5.41, 5.74) is 1.87. The van der Waals surface area contributed by atoms with Gasteiger partial charge in [-0.3, -0.25) is 14.9 Å². The van der Waals surface area contributed by atoms with E-state index in [1.165, 1.54) is 6.07 Å². The van der Waals surface area contributed by atoms with E-state index < -0.39 is 4.92 Å². The first-order valence-corrected chi connectivity index (χ1v) is 6.67. The van der Waals surface area contributed by atoms with E-state index in [1.54, 1.807) is 6.07 Å². The topological polar surface area (TPSA) is 84.3 Å². The molecule has 1 aromatic rings. The van der Waals surface area contributed by atoms with Crippen molar-refractivity contribution in [2.75, 3.05) is 17.2 Å². The van der Waals surface area contributed by atoms with Crippen molar-refractivity contribution in [3.63, 3.8) is 0 Å². The Bertz CT molecular complexity index is 567. The zero-order valence-electron chi connectivity index (χ0n) is 11.9. The maximum atomic E-state index is 11.4. The van der Waals surface area contributed by atoms with E-state index in [0.717, 1.165) is 6.42 Å². The molecule has 108 valence electrons. The Balaban J connectivity index is 2.30. The van der Waals surface area contributed by atoms with Gasteiger partial charge in [0.1, 0.15) is 5.69 Å². The van der Waals surface area contributed by atoms with Gasteiger partial charge in [0.15, 0.2) is 0 Å². The summed E-state index contributed by atoms with van der Waals surface area (Å²) in [6.45, 7) is 6.91. The van der Waals surface area contributed by atoms with Gasteiger partial charge < -0.3 is 10.6 Å². The fraction of sp³-hybridized carbons (Fsp3) is 0.500. The Morgan fingerprint density at radius 2 is 2.15 bits per heavy atom. The van der Waals surface area contributed by atoms with E-state index in [0.29, 0.717) is 23.5 Å². The number of anilines is 2. The highest BCUT2D eigenvalue weighted by Gasteiger charge is 2.25. The van der Waals surface area contributed by atoms with Crippen molar-refractivity contribution >= 4 is 23.0 Å². The molecule has 0 aliphatic carbocycles. The molecule has 6 heteroatoms. The number of rotatable bonds is 5. The van der Waals surface area contributed by atoms with E-state index in [2.05, 4.69) is 31.4 Å². The minimum absolute atomic E-state index is 0.0205. The molecule has 6 nitrogen and oxygen atoms in total. The van der Waals surface area contributed by atoms with Crippen LogP contribution in [-0.4, -0.2) is 17.4 Å². The van der Waals surface area contributed by atoms with Crippen molar-refractivity contribution in [3.05, 3.63) is 27.8 Å². The smallest absolute Gasteiger partial charge is 0.292 e. The minimum Gasteiger partial charge on any atom is -0.379 e. The van der Waals surface area contributed by atoms with Crippen molar-refractivity contribution in [1.29, 1.82) is 0 Å². The first kappa shape index (κ1) is 14.3. The molecule has 0 saturated carbocycles. The lowest BCUT2D eigenvalue weighted by molar-refractivity contribution is -0.384. The van der Waals surface area contributed by atoms with Crippen molar-refractivity contribution in [2.24, 2.45) is 5.41 Å². The summed E-state index contributed by atoms with van der Waals surface area (Å²) in [4.78, 5) is 22.1. The van der Waals surface area contributed by atoms with Crippen LogP contribution in [0.3, 0.4) is 0 Å². The molecule has 0 aromatic heterocycles. The van der Waals surface area contributed by atoms with Gasteiger partial charge in [-0.05, 0) is 23.5 Å². The molecule has 1 aliphatic rings. The van der Waals surface area contributed by atoms with E-state index in [1.807, 2.05) is 0 Å². The van der Waals surface area contributed by atoms with Gasteiger partial charge in [0.25, 0.3) is 5.69 Å². The van der Waals surface area contributed by atoms with Crippen LogP contribution in [0.1, 0.15) is 32.8 Å². The molecule has 0 saturated heterocycles. The number of nitrogens with zero attached hydrogens (tertiary/aromatic N) is 1. The molecule has 1 amide bonds. The molecule has 20 heavy (non-hydrogen) atoms. The van der Waals surface area contributed by atoms with E-state index >= 15 is 0 Å². The predicted octanol–water partition coefficient (Wildman–Crippen LogP) is 2.94. The number of fused-ring (bicyclic) bond motifs is 1. The normalized spacial score (nSPS) is 13.8. The van der Waals surface area contributed by atoms with Crippen LogP contribution in [0.4, 0.5) is 17.1 Å². The van der Waals surface area contributed by atoms with E-state index in [9.17, 15) is 14.9 Å². The highest BCUT2D eigenvalue weighted by molar-refractivity contribution is 6.00. The van der Waals surface area contributed by atoms with Gasteiger partial charge in [-0.2, -0.15) is 0 Å². The number of nitro groups is 1. The monoisotopic (exact) mass is 277 g/mol. The van der Waals surface area contributed by atoms with E-state index in [-0.39, 0.29) is 23.4 Å². The van der Waals surface area contributed by atoms with Crippen molar-refractivity contribution in [2.45, 2.75) is 33.6 Å². The zero-order chi connectivity index (χ0) is 14.9. The lowest BCUT2D eigenvalue weighted by atomic mass is 9.90. The molecule has 0 spiro atoms. The van der Waals surface area contributed by atoms with Gasteiger partial charge in [-0.25, -0.2) is 0 Å². The van der Waals surface area contributed by atoms with Crippen LogP contribution in [0.15, 0.2) is 12.1 Å². The van der Waals surface area contributed by atoms with Gasteiger partial charge >= 0.3 is 0 Å². The van der Waals surface area contributed by atoms with Crippen LogP contribution < -0.4 is 10.6 Å². The highest BCUT2D eigenvalue weighted by atomic mass is 16.6. The quantitative estimate of drug-likeness (QED) is 0.640. The number of nitrogens with one attached hydrogen (secondary N) is 2. The first-order valence-electron chi connectivity index (χ1n) is 6.67. The number of carbonyl (C=O) groups is 1. The third kappa shape index (κ3) is 2.89. The highest BCUT2D eigenvalue weighted by Crippen LogP contribution is 2.35. The Kier molecular flexibility index (Phi) is 3.65. The molecule has 1 heterocycles. The van der Waals surface area contributed by atoms with Crippen LogP contribution in [0.2, 0.25) is 0 Å². The third-order valence-corrected chi connectivity index (χ3v) is 3.76. The van der Waals surface area contributed by atoms with Crippen LogP contribution in [0.5, 0.6) is 0 Å². The Morgan fingerprint density at radius 1 is 1.45 bits per heavy atom. The molecule has 2 N–H and O–H groups in total. The van der Waals surface area contributed by atoms with Crippen LogP contribution >= 0.6 is 0 Å². The molecule has 2 rings (SSSR count). The van der Waals surface area contributed by atoms with Gasteiger partial charge in [-0.15, -0.1) is 0 Å². The predicted molar refractivity (Wildman–Crippen MR) is 78.0 cm³/mol. The summed E-state index contributed by atoms with van der Waals surface area (Å²) in [5.74, 6) is -0.125. The number of hydrogen-bond donors (Lipinski definition) is 2. The lowest BCUT2D eigenvalue weighted by Gasteiger charge is -2.23. The SMILES string of the molecule is CCC(C)(C)CNc1cc2c(cc1[N+](=O)[O-])CC(=O)N2. The molecular weight excluding hydrogens is 258 g/mol. The molecule has 0 unspecified atom stereocenters. The molecule has 0 radical (unpaired) electrons. The lowest BCUT2D eigenvalue weighted by Crippen LogP contribution is -2.22. The summed E-state index contributed by atoms with van der Waals surface area (Å²) in [6, 6.07) is 3.14. The average Bonchev–Trinajstić information content (AvgIpc) is 2.74. The molecule has 0 atom stereocenters. The van der Waals surface area contributed by atoms with Gasteiger partial charge in [0.05, 0.1) is 11.3 Å². The van der Waals surface area contributed by atoms with Crippen LogP contribution in [0, 0.1) is 15.5 Å². The number of benzene rings is 1. The zero-order valence-corrected chi connectivity index (χ0v) is 11.9. The van der Waals surface area contributed by atoms with Crippen molar-refractivity contribution in [3.8, 4) is 0 Å². The Hall–Kier alpha value is -2.11. The number of amides is 1. The fourth-order valence-electron chi connectivity index (χ4n) is 2.01. The molecule has 1 aromatic carbocycles. The maximum absolute atomic E-state index is 11.4. The largest absolute Gasteiger partial charge is 0.379 e. The second-order valence-electron chi connectivity index (χ2n) is 5.88. The van der Waals surface area contributed by atoms with Gasteiger partial charge in [0.2, 0.25) is 5.91 Å². The number of carbonyl (C=O) groups excluding carboxylic acids is 1. The molecule has 0 bridgehead atoms. The van der Waals surface area contributed by atoms with Crippen molar-refractivity contribution in [1.82, 2.24) is 0 Å². The summed E-state index contributed by atoms with van der Waals surface area (Å²) in [7, 11) is 0. The van der Waals surface area contributed by atoms with Crippen molar-refractivity contribution < 1.29 is 9.72 Å². The average molecular weight is 277 g/mol. The third-order valence-electron chi connectivity index (χ3n) is 3.76. The van der Waals surface area contributed by atoms with Crippen LogP contribution in [0.25, 0.3) is 0 Å². The second kappa shape index (κ2) is 5.11. The molecular formula is C14H19N3O3. The summed E-state index contributed by atoms with van der Waals surface area (Å²) in [5, 5.41) is 17.0. The Morgan fingerprint density at radius 3 is 2.75 bits per heavy atom. The fourth-order valence-corrected chi connectivity index (χ4v) is 2.01. The van der Waals surface area contributed by atoms with E-state index in [4.69, 9.17) is 0 Å². The molecule has 1 aliphatic heterocycles. The second-order valence-corrected chi connectivity index (χ2v) is 5.88. The first-order chi connectivity index (χ1) is 9.32. The Labute approximate surface area is 117 Å². The minimum atomic E-state index is -0.412.